The number of hydrogen-bond acceptors (Lipinski definition) is 4. The fraction of sp³-hybridized carbons (Fsp3) is 0.750. The van der Waals surface area contributed by atoms with Gasteiger partial charge in [-0.2, -0.15) is 13.2 Å². The van der Waals surface area contributed by atoms with Crippen molar-refractivity contribution in [3.63, 3.8) is 0 Å². The summed E-state index contributed by atoms with van der Waals surface area (Å²) in [5.41, 5.74) is 0. The SMILES string of the molecule is O=C(CNCC(F)(F)F)N[C@H](CCO)C(=O)O. The van der Waals surface area contributed by atoms with Crippen LogP contribution in [0.5, 0.6) is 0 Å². The molecule has 0 fully saturated rings. The van der Waals surface area contributed by atoms with E-state index in [0.717, 1.165) is 0 Å². The number of aliphatic hydroxyl groups excluding tert-OH is 1. The molecule has 0 saturated heterocycles. The zero-order valence-corrected chi connectivity index (χ0v) is 8.75. The van der Waals surface area contributed by atoms with E-state index in [4.69, 9.17) is 10.2 Å². The van der Waals surface area contributed by atoms with Gasteiger partial charge in [-0.05, 0) is 0 Å². The predicted octanol–water partition coefficient (Wildman–Crippen LogP) is -0.910. The Labute approximate surface area is 94.8 Å². The Morgan fingerprint density at radius 2 is 1.88 bits per heavy atom. The fourth-order valence-corrected chi connectivity index (χ4v) is 0.950. The van der Waals surface area contributed by atoms with Gasteiger partial charge in [-0.25, -0.2) is 4.79 Å². The van der Waals surface area contributed by atoms with E-state index in [1.54, 1.807) is 0 Å². The van der Waals surface area contributed by atoms with Crippen LogP contribution >= 0.6 is 0 Å². The van der Waals surface area contributed by atoms with Crippen LogP contribution in [0.25, 0.3) is 0 Å². The number of halogens is 3. The van der Waals surface area contributed by atoms with E-state index < -0.39 is 43.8 Å². The van der Waals surface area contributed by atoms with Gasteiger partial charge in [0, 0.05) is 13.0 Å². The molecule has 0 aromatic rings. The van der Waals surface area contributed by atoms with Crippen molar-refractivity contribution in [3.05, 3.63) is 0 Å². The van der Waals surface area contributed by atoms with Crippen molar-refractivity contribution in [1.29, 1.82) is 0 Å². The number of carbonyl (C=O) groups excluding carboxylic acids is 1. The third-order valence-electron chi connectivity index (χ3n) is 1.66. The van der Waals surface area contributed by atoms with Crippen molar-refractivity contribution >= 4 is 11.9 Å². The first kappa shape index (κ1) is 15.7. The van der Waals surface area contributed by atoms with Gasteiger partial charge in [0.15, 0.2) is 0 Å². The summed E-state index contributed by atoms with van der Waals surface area (Å²) in [6, 6.07) is -1.31. The quantitative estimate of drug-likeness (QED) is 0.474. The first-order chi connectivity index (χ1) is 7.76. The van der Waals surface area contributed by atoms with E-state index in [1.165, 1.54) is 0 Å². The molecule has 0 aromatic carbocycles. The van der Waals surface area contributed by atoms with Crippen LogP contribution in [0.15, 0.2) is 0 Å². The van der Waals surface area contributed by atoms with Crippen LogP contribution in [0.3, 0.4) is 0 Å². The summed E-state index contributed by atoms with van der Waals surface area (Å²) in [4.78, 5) is 21.6. The molecular formula is C8H13F3N2O4. The normalized spacial score (nSPS) is 13.2. The van der Waals surface area contributed by atoms with Crippen LogP contribution in [0.1, 0.15) is 6.42 Å². The summed E-state index contributed by atoms with van der Waals surface area (Å²) in [7, 11) is 0. The van der Waals surface area contributed by atoms with Crippen LogP contribution in [0, 0.1) is 0 Å². The maximum atomic E-state index is 11.7. The number of nitrogens with one attached hydrogen (secondary N) is 2. The Kier molecular flexibility index (Phi) is 6.51. The lowest BCUT2D eigenvalue weighted by molar-refractivity contribution is -0.142. The predicted molar refractivity (Wildman–Crippen MR) is 50.2 cm³/mol. The smallest absolute Gasteiger partial charge is 0.401 e. The lowest BCUT2D eigenvalue weighted by Crippen LogP contribution is -2.46. The molecule has 100 valence electrons. The number of rotatable bonds is 7. The molecule has 0 spiro atoms. The number of hydrogen-bond donors (Lipinski definition) is 4. The van der Waals surface area contributed by atoms with Crippen LogP contribution < -0.4 is 10.6 Å². The van der Waals surface area contributed by atoms with E-state index in [0.29, 0.717) is 0 Å². The lowest BCUT2D eigenvalue weighted by Gasteiger charge is -2.13. The van der Waals surface area contributed by atoms with E-state index in [-0.39, 0.29) is 6.42 Å². The van der Waals surface area contributed by atoms with Gasteiger partial charge >= 0.3 is 12.1 Å². The van der Waals surface area contributed by atoms with Gasteiger partial charge in [0.2, 0.25) is 5.91 Å². The van der Waals surface area contributed by atoms with Gasteiger partial charge in [-0.3, -0.25) is 4.79 Å². The summed E-state index contributed by atoms with van der Waals surface area (Å²) in [5, 5.41) is 20.9. The Morgan fingerprint density at radius 1 is 1.29 bits per heavy atom. The third-order valence-corrected chi connectivity index (χ3v) is 1.66. The number of carboxylic acid groups (broad SMARTS) is 1. The first-order valence-corrected chi connectivity index (χ1v) is 4.66. The number of carbonyl (C=O) groups is 2. The molecule has 0 aliphatic rings. The Hall–Kier alpha value is -1.35. The number of alkyl halides is 3. The average molecular weight is 258 g/mol. The van der Waals surface area contributed by atoms with Crippen molar-refractivity contribution in [2.45, 2.75) is 18.6 Å². The summed E-state index contributed by atoms with van der Waals surface area (Å²) in [6.45, 7) is -2.43. The molecule has 0 heterocycles. The summed E-state index contributed by atoms with van der Waals surface area (Å²) in [6.07, 6.45) is -4.64. The van der Waals surface area contributed by atoms with Gasteiger partial charge < -0.3 is 20.8 Å². The van der Waals surface area contributed by atoms with Crippen molar-refractivity contribution in [3.8, 4) is 0 Å². The maximum Gasteiger partial charge on any atom is 0.401 e. The summed E-state index contributed by atoms with van der Waals surface area (Å²) >= 11 is 0. The monoisotopic (exact) mass is 258 g/mol. The zero-order valence-electron chi connectivity index (χ0n) is 8.75. The standard InChI is InChI=1S/C8H13F3N2O4/c9-8(10,11)4-12-3-6(15)13-5(1-2-14)7(16)17/h5,12,14H,1-4H2,(H,13,15)(H,16,17)/t5-/m1/s1. The molecule has 0 radical (unpaired) electrons. The van der Waals surface area contributed by atoms with E-state index in [1.807, 2.05) is 10.6 Å². The van der Waals surface area contributed by atoms with Crippen LogP contribution in [-0.2, 0) is 9.59 Å². The van der Waals surface area contributed by atoms with Crippen LogP contribution in [0.2, 0.25) is 0 Å². The number of amides is 1. The minimum absolute atomic E-state index is 0.208. The van der Waals surface area contributed by atoms with Crippen molar-refractivity contribution in [1.82, 2.24) is 10.6 Å². The average Bonchev–Trinajstić information content (AvgIpc) is 2.14. The van der Waals surface area contributed by atoms with Gasteiger partial charge in [0.1, 0.15) is 6.04 Å². The zero-order chi connectivity index (χ0) is 13.5. The molecule has 1 amide bonds. The Bertz CT molecular complexity index is 270. The Balaban J connectivity index is 3.95. The number of carboxylic acids is 1. The molecule has 0 saturated carbocycles. The molecule has 0 aliphatic carbocycles. The molecule has 6 nitrogen and oxygen atoms in total. The van der Waals surface area contributed by atoms with Crippen molar-refractivity contribution in [2.75, 3.05) is 19.7 Å². The lowest BCUT2D eigenvalue weighted by atomic mass is 10.2. The highest BCUT2D eigenvalue weighted by molar-refractivity contribution is 5.84. The van der Waals surface area contributed by atoms with E-state index in [9.17, 15) is 22.8 Å². The molecule has 0 aliphatic heterocycles. The topological polar surface area (TPSA) is 98.7 Å². The van der Waals surface area contributed by atoms with Crippen LogP contribution in [0.4, 0.5) is 13.2 Å². The largest absolute Gasteiger partial charge is 0.480 e. The first-order valence-electron chi connectivity index (χ1n) is 4.66. The van der Waals surface area contributed by atoms with E-state index >= 15 is 0 Å². The highest BCUT2D eigenvalue weighted by Gasteiger charge is 2.27. The molecule has 9 heteroatoms. The minimum atomic E-state index is -4.43. The fourth-order valence-electron chi connectivity index (χ4n) is 0.950. The Morgan fingerprint density at radius 3 is 2.29 bits per heavy atom. The highest BCUT2D eigenvalue weighted by atomic mass is 19.4. The number of aliphatic hydroxyl groups is 1. The van der Waals surface area contributed by atoms with Crippen molar-refractivity contribution in [2.24, 2.45) is 0 Å². The van der Waals surface area contributed by atoms with Gasteiger partial charge in [0.05, 0.1) is 13.1 Å². The van der Waals surface area contributed by atoms with Crippen molar-refractivity contribution < 1.29 is 33.0 Å². The molecule has 17 heavy (non-hydrogen) atoms. The second kappa shape index (κ2) is 7.07. The molecule has 4 N–H and O–H groups in total. The second-order valence-corrected chi connectivity index (χ2v) is 3.19. The molecule has 0 rings (SSSR count). The highest BCUT2D eigenvalue weighted by Crippen LogP contribution is 2.11. The van der Waals surface area contributed by atoms with Gasteiger partial charge in [-0.1, -0.05) is 0 Å². The van der Waals surface area contributed by atoms with Gasteiger partial charge in [0.25, 0.3) is 0 Å². The molecule has 0 aromatic heterocycles. The second-order valence-electron chi connectivity index (χ2n) is 3.19. The summed E-state index contributed by atoms with van der Waals surface area (Å²) < 4.78 is 35.1. The summed E-state index contributed by atoms with van der Waals surface area (Å²) in [5.74, 6) is -2.24. The molecule has 0 bridgehead atoms. The van der Waals surface area contributed by atoms with Crippen LogP contribution in [-0.4, -0.2) is 54.0 Å². The minimum Gasteiger partial charge on any atom is -0.480 e. The van der Waals surface area contributed by atoms with Gasteiger partial charge in [-0.15, -0.1) is 0 Å². The molecule has 0 unspecified atom stereocenters. The molecule has 1 atom stereocenters. The third kappa shape index (κ3) is 8.46. The number of aliphatic carboxylic acids is 1. The van der Waals surface area contributed by atoms with E-state index in [2.05, 4.69) is 0 Å². The molecular weight excluding hydrogens is 245 g/mol. The maximum absolute atomic E-state index is 11.7.